The highest BCUT2D eigenvalue weighted by Gasteiger charge is 2.16. The van der Waals surface area contributed by atoms with E-state index < -0.39 is 10.8 Å². The average molecular weight is 315 g/mol. The van der Waals surface area contributed by atoms with Gasteiger partial charge in [0, 0.05) is 40.3 Å². The minimum Gasteiger partial charge on any atom is -0.486 e. The normalized spacial score (nSPS) is 16.8. The van der Waals surface area contributed by atoms with E-state index in [-0.39, 0.29) is 6.04 Å². The van der Waals surface area contributed by atoms with Crippen LogP contribution in [0, 0.1) is 0 Å². The van der Waals surface area contributed by atoms with Crippen LogP contribution in [0.4, 0.5) is 0 Å². The number of benzene rings is 1. The number of rotatable bonds is 6. The summed E-state index contributed by atoms with van der Waals surface area (Å²) in [5, 5.41) is 3.41. The smallest absolute Gasteiger partial charge is 0.162 e. The largest absolute Gasteiger partial charge is 0.486 e. The van der Waals surface area contributed by atoms with Crippen molar-refractivity contribution >= 4 is 22.6 Å². The van der Waals surface area contributed by atoms with Gasteiger partial charge in [-0.2, -0.15) is 0 Å². The molecule has 0 aliphatic carbocycles. The van der Waals surface area contributed by atoms with E-state index in [0.29, 0.717) is 19.0 Å². The zero-order chi connectivity index (χ0) is 14.5. The van der Waals surface area contributed by atoms with Crippen LogP contribution in [0.25, 0.3) is 0 Å². The number of thioether (sulfide) groups is 1. The van der Waals surface area contributed by atoms with Gasteiger partial charge in [-0.1, -0.05) is 0 Å². The Labute approximate surface area is 127 Å². The topological polar surface area (TPSA) is 47.6 Å². The van der Waals surface area contributed by atoms with E-state index in [1.807, 2.05) is 12.1 Å². The summed E-state index contributed by atoms with van der Waals surface area (Å²) in [6, 6.07) is 4.31. The molecule has 2 unspecified atom stereocenters. The summed E-state index contributed by atoms with van der Waals surface area (Å²) in [5.41, 5.74) is 1.19. The molecule has 1 N–H and O–H groups in total. The SMILES string of the molecule is CSc1cc2c(cc1CNC(C)CS(C)=O)OCCO2. The van der Waals surface area contributed by atoms with Crippen LogP contribution in [0.2, 0.25) is 0 Å². The van der Waals surface area contributed by atoms with E-state index in [1.54, 1.807) is 18.0 Å². The Kier molecular flexibility index (Phi) is 5.74. The molecule has 0 spiro atoms. The van der Waals surface area contributed by atoms with Crippen molar-refractivity contribution in [3.8, 4) is 11.5 Å². The number of fused-ring (bicyclic) bond motifs is 1. The van der Waals surface area contributed by atoms with Crippen LogP contribution in [-0.4, -0.2) is 41.7 Å². The minimum absolute atomic E-state index is 0.226. The molecule has 1 aliphatic heterocycles. The van der Waals surface area contributed by atoms with Crippen molar-refractivity contribution in [3.05, 3.63) is 17.7 Å². The second-order valence-electron chi connectivity index (χ2n) is 4.83. The Morgan fingerprint density at radius 2 is 2.00 bits per heavy atom. The molecule has 6 heteroatoms. The summed E-state index contributed by atoms with van der Waals surface area (Å²) in [4.78, 5) is 1.19. The summed E-state index contributed by atoms with van der Waals surface area (Å²) < 4.78 is 22.4. The number of ether oxygens (including phenoxy) is 2. The van der Waals surface area contributed by atoms with Crippen LogP contribution in [-0.2, 0) is 17.3 Å². The molecule has 0 saturated heterocycles. The second kappa shape index (κ2) is 7.33. The molecule has 1 aliphatic rings. The predicted molar refractivity (Wildman–Crippen MR) is 84.4 cm³/mol. The van der Waals surface area contributed by atoms with Crippen LogP contribution in [0.5, 0.6) is 11.5 Å². The fraction of sp³-hybridized carbons (Fsp3) is 0.571. The molecule has 20 heavy (non-hydrogen) atoms. The van der Waals surface area contributed by atoms with E-state index in [9.17, 15) is 4.21 Å². The van der Waals surface area contributed by atoms with Crippen LogP contribution >= 0.6 is 11.8 Å². The van der Waals surface area contributed by atoms with Gasteiger partial charge in [-0.3, -0.25) is 4.21 Å². The zero-order valence-electron chi connectivity index (χ0n) is 12.1. The van der Waals surface area contributed by atoms with Gasteiger partial charge in [-0.05, 0) is 30.9 Å². The lowest BCUT2D eigenvalue weighted by molar-refractivity contribution is 0.171. The molecule has 0 bridgehead atoms. The molecule has 1 aromatic carbocycles. The van der Waals surface area contributed by atoms with Gasteiger partial charge < -0.3 is 14.8 Å². The Balaban J connectivity index is 2.08. The van der Waals surface area contributed by atoms with Crippen molar-refractivity contribution in [2.45, 2.75) is 24.4 Å². The molecule has 0 aromatic heterocycles. The molecule has 0 amide bonds. The van der Waals surface area contributed by atoms with Gasteiger partial charge in [0.05, 0.1) is 0 Å². The van der Waals surface area contributed by atoms with Crippen molar-refractivity contribution in [2.24, 2.45) is 0 Å². The highest BCUT2D eigenvalue weighted by atomic mass is 32.2. The first-order valence-corrected chi connectivity index (χ1v) is 9.55. The van der Waals surface area contributed by atoms with E-state index >= 15 is 0 Å². The molecule has 112 valence electrons. The maximum atomic E-state index is 11.2. The summed E-state index contributed by atoms with van der Waals surface area (Å²) >= 11 is 1.70. The van der Waals surface area contributed by atoms with E-state index in [0.717, 1.165) is 18.0 Å². The lowest BCUT2D eigenvalue weighted by atomic mass is 10.2. The van der Waals surface area contributed by atoms with E-state index in [2.05, 4.69) is 18.5 Å². The Morgan fingerprint density at radius 3 is 2.60 bits per heavy atom. The quantitative estimate of drug-likeness (QED) is 0.814. The Morgan fingerprint density at radius 1 is 1.35 bits per heavy atom. The fourth-order valence-electron chi connectivity index (χ4n) is 2.14. The maximum absolute atomic E-state index is 11.2. The van der Waals surface area contributed by atoms with E-state index in [1.165, 1.54) is 10.5 Å². The summed E-state index contributed by atoms with van der Waals surface area (Å²) in [6.07, 6.45) is 3.79. The summed E-state index contributed by atoms with van der Waals surface area (Å²) in [5.74, 6) is 2.31. The standard InChI is InChI=1S/C14H21NO3S2/c1-10(9-20(3)16)15-8-11-6-12-13(7-14(11)19-2)18-5-4-17-12/h6-7,10,15H,4-5,8-9H2,1-3H3. The second-order valence-corrected chi connectivity index (χ2v) is 7.16. The predicted octanol–water partition coefficient (Wildman–Crippen LogP) is 2.04. The maximum Gasteiger partial charge on any atom is 0.162 e. The molecule has 4 nitrogen and oxygen atoms in total. The lowest BCUT2D eigenvalue weighted by Crippen LogP contribution is -2.30. The minimum atomic E-state index is -0.775. The number of hydrogen-bond donors (Lipinski definition) is 1. The van der Waals surface area contributed by atoms with Gasteiger partial charge in [0.2, 0.25) is 0 Å². The van der Waals surface area contributed by atoms with Crippen LogP contribution in [0.1, 0.15) is 12.5 Å². The number of hydrogen-bond acceptors (Lipinski definition) is 5. The first-order chi connectivity index (χ1) is 9.60. The first-order valence-electron chi connectivity index (χ1n) is 6.60. The highest BCUT2D eigenvalue weighted by molar-refractivity contribution is 7.98. The van der Waals surface area contributed by atoms with Gasteiger partial charge in [-0.15, -0.1) is 11.8 Å². The van der Waals surface area contributed by atoms with Crippen molar-refractivity contribution < 1.29 is 13.7 Å². The molecule has 1 heterocycles. The van der Waals surface area contributed by atoms with E-state index in [4.69, 9.17) is 9.47 Å². The third kappa shape index (κ3) is 4.14. The van der Waals surface area contributed by atoms with Crippen molar-refractivity contribution in [1.29, 1.82) is 0 Å². The molecule has 0 fully saturated rings. The van der Waals surface area contributed by atoms with Gasteiger partial charge in [0.25, 0.3) is 0 Å². The van der Waals surface area contributed by atoms with Gasteiger partial charge in [0.1, 0.15) is 13.2 Å². The molecule has 0 radical (unpaired) electrons. The van der Waals surface area contributed by atoms with Gasteiger partial charge in [-0.25, -0.2) is 0 Å². The van der Waals surface area contributed by atoms with Crippen LogP contribution < -0.4 is 14.8 Å². The Hall–Kier alpha value is -0.720. The Bertz CT molecular complexity index is 494. The average Bonchev–Trinajstić information content (AvgIpc) is 2.43. The molecule has 2 atom stereocenters. The van der Waals surface area contributed by atoms with Crippen molar-refractivity contribution in [1.82, 2.24) is 5.32 Å². The first kappa shape index (κ1) is 15.7. The molecule has 2 rings (SSSR count). The third-order valence-electron chi connectivity index (χ3n) is 3.07. The van der Waals surface area contributed by atoms with Crippen LogP contribution in [0.15, 0.2) is 17.0 Å². The zero-order valence-corrected chi connectivity index (χ0v) is 13.7. The third-order valence-corrected chi connectivity index (χ3v) is 4.86. The summed E-state index contributed by atoms with van der Waals surface area (Å²) in [7, 11) is -0.775. The van der Waals surface area contributed by atoms with Gasteiger partial charge in [0.15, 0.2) is 11.5 Å². The molecule has 1 aromatic rings. The fourth-order valence-corrected chi connectivity index (χ4v) is 3.58. The van der Waals surface area contributed by atoms with Crippen molar-refractivity contribution in [3.63, 3.8) is 0 Å². The molecular formula is C14H21NO3S2. The van der Waals surface area contributed by atoms with Crippen LogP contribution in [0.3, 0.4) is 0 Å². The number of nitrogens with one attached hydrogen (secondary N) is 1. The summed E-state index contributed by atoms with van der Waals surface area (Å²) in [6.45, 7) is 4.00. The highest BCUT2D eigenvalue weighted by Crippen LogP contribution is 2.36. The molecular weight excluding hydrogens is 294 g/mol. The van der Waals surface area contributed by atoms with Crippen molar-refractivity contribution in [2.75, 3.05) is 31.5 Å². The molecule has 0 saturated carbocycles. The van der Waals surface area contributed by atoms with Gasteiger partial charge >= 0.3 is 0 Å². The monoisotopic (exact) mass is 315 g/mol. The lowest BCUT2D eigenvalue weighted by Gasteiger charge is -2.21.